The van der Waals surface area contributed by atoms with Gasteiger partial charge in [-0.2, -0.15) is 0 Å². The number of carboxylic acids is 1. The van der Waals surface area contributed by atoms with Crippen LogP contribution < -0.4 is 21.5 Å². The highest BCUT2D eigenvalue weighted by molar-refractivity contribution is 5.95. The number of anilines is 1. The van der Waals surface area contributed by atoms with Gasteiger partial charge in [0.05, 0.1) is 13.7 Å². The maximum absolute atomic E-state index is 14.8. The lowest BCUT2D eigenvalue weighted by Gasteiger charge is -2.20. The molecule has 0 spiro atoms. The monoisotopic (exact) mass is 538 g/mol. The number of methoxy groups -OCH3 is 2. The molecule has 204 valence electrons. The minimum Gasteiger partial charge on any atom is -0.494 e. The van der Waals surface area contributed by atoms with Crippen molar-refractivity contribution in [3.63, 3.8) is 0 Å². The quantitative estimate of drug-likeness (QED) is 0.156. The second-order valence-electron chi connectivity index (χ2n) is 7.99. The minimum atomic E-state index is -0.833. The second-order valence-corrected chi connectivity index (χ2v) is 7.99. The minimum absolute atomic E-state index is 0.0128. The van der Waals surface area contributed by atoms with Crippen molar-refractivity contribution in [2.45, 2.75) is 19.6 Å². The Hall–Kier alpha value is -5.11. The number of hydrogen-bond acceptors (Lipinski definition) is 9. The van der Waals surface area contributed by atoms with Crippen molar-refractivity contribution in [2.24, 2.45) is 5.73 Å². The molecule has 1 unspecified atom stereocenters. The molecule has 1 atom stereocenters. The maximum Gasteiger partial charge on any atom is 0.350 e. The number of rotatable bonds is 9. The van der Waals surface area contributed by atoms with Gasteiger partial charge in [0.1, 0.15) is 11.9 Å². The second kappa shape index (κ2) is 12.9. The van der Waals surface area contributed by atoms with Gasteiger partial charge in [0, 0.05) is 43.2 Å². The molecule has 0 radical (unpaired) electrons. The molecule has 14 heteroatoms. The Morgan fingerprint density at radius 3 is 2.44 bits per heavy atom. The number of aromatic nitrogens is 5. The van der Waals surface area contributed by atoms with E-state index in [-0.39, 0.29) is 35.5 Å². The first-order valence-corrected chi connectivity index (χ1v) is 11.4. The van der Waals surface area contributed by atoms with Crippen molar-refractivity contribution in [3.05, 3.63) is 93.7 Å². The molecular formula is C25H27FN8O5. The molecule has 39 heavy (non-hydrogen) atoms. The van der Waals surface area contributed by atoms with Crippen molar-refractivity contribution >= 4 is 17.5 Å². The number of ether oxygens (including phenoxy) is 2. The Morgan fingerprint density at radius 2 is 1.87 bits per heavy atom. The molecule has 0 saturated heterocycles. The number of nitrogens with one attached hydrogen (secondary N) is 3. The summed E-state index contributed by atoms with van der Waals surface area (Å²) in [6.07, 6.45) is 2.99. The van der Waals surface area contributed by atoms with Crippen LogP contribution in [0, 0.1) is 11.2 Å². The lowest BCUT2D eigenvalue weighted by atomic mass is 10.0. The van der Waals surface area contributed by atoms with Crippen molar-refractivity contribution in [2.75, 3.05) is 19.5 Å². The number of hydrogen-bond donors (Lipinski definition) is 5. The SMILES string of the molecule is CC(=O)O.COCc1cc(C(Nc2ccc(C(=N)N)cc2)c2nn(-c3ncccn3)c(=O)[nH]2)cc(OC)c1F. The fourth-order valence-corrected chi connectivity index (χ4v) is 3.48. The molecule has 2 heterocycles. The summed E-state index contributed by atoms with van der Waals surface area (Å²) in [4.78, 5) is 32.6. The zero-order valence-corrected chi connectivity index (χ0v) is 21.3. The predicted molar refractivity (Wildman–Crippen MR) is 140 cm³/mol. The Bertz CT molecular complexity index is 1480. The van der Waals surface area contributed by atoms with Crippen LogP contribution in [0.5, 0.6) is 5.75 Å². The van der Waals surface area contributed by atoms with E-state index in [1.807, 2.05) is 0 Å². The van der Waals surface area contributed by atoms with E-state index in [2.05, 4.69) is 25.4 Å². The standard InChI is InChI=1S/C23H23FN8O3.C2H4O2/c1-34-12-15-10-14(11-17(35-2)18(15)24)19(29-16-6-4-13(5-7-16)20(25)26)21-30-23(33)32(31-21)22-27-8-3-9-28-22;1-2(3)4/h3-11,19,29H,12H2,1-2H3,(H3,25,26)(H,30,31,33);1H3,(H,3,4). The van der Waals surface area contributed by atoms with Crippen LogP contribution in [0.1, 0.15) is 35.5 Å². The molecule has 0 amide bonds. The third kappa shape index (κ3) is 7.23. The fraction of sp³-hybridized carbons (Fsp3) is 0.200. The van der Waals surface area contributed by atoms with E-state index in [0.29, 0.717) is 16.8 Å². The number of halogens is 1. The van der Waals surface area contributed by atoms with E-state index in [1.54, 1.807) is 36.4 Å². The summed E-state index contributed by atoms with van der Waals surface area (Å²) in [7, 11) is 2.83. The molecule has 0 saturated carbocycles. The van der Waals surface area contributed by atoms with Crippen LogP contribution >= 0.6 is 0 Å². The largest absolute Gasteiger partial charge is 0.494 e. The lowest BCUT2D eigenvalue weighted by molar-refractivity contribution is -0.134. The summed E-state index contributed by atoms with van der Waals surface area (Å²) < 4.78 is 26.2. The molecule has 2 aromatic heterocycles. The van der Waals surface area contributed by atoms with Gasteiger partial charge in [-0.3, -0.25) is 15.2 Å². The van der Waals surface area contributed by atoms with Crippen molar-refractivity contribution in [3.8, 4) is 11.7 Å². The molecule has 0 aliphatic heterocycles. The molecule has 4 aromatic rings. The maximum atomic E-state index is 14.8. The Kier molecular flexibility index (Phi) is 9.43. The number of carbonyl (C=O) groups is 1. The van der Waals surface area contributed by atoms with E-state index < -0.39 is 23.5 Å². The predicted octanol–water partition coefficient (Wildman–Crippen LogP) is 2.22. The van der Waals surface area contributed by atoms with Gasteiger partial charge in [-0.1, -0.05) is 0 Å². The molecule has 0 aliphatic carbocycles. The number of carboxylic acid groups (broad SMARTS) is 1. The van der Waals surface area contributed by atoms with Crippen molar-refractivity contribution < 1.29 is 23.8 Å². The third-order valence-electron chi connectivity index (χ3n) is 5.15. The molecular weight excluding hydrogens is 511 g/mol. The first-order chi connectivity index (χ1) is 18.6. The first-order valence-electron chi connectivity index (χ1n) is 11.4. The number of amidine groups is 1. The van der Waals surface area contributed by atoms with Crippen LogP contribution in [-0.2, 0) is 16.1 Å². The molecule has 2 aromatic carbocycles. The van der Waals surface area contributed by atoms with Gasteiger partial charge >= 0.3 is 5.69 Å². The summed E-state index contributed by atoms with van der Waals surface area (Å²) in [5.74, 6) is -1.09. The topological polar surface area (TPSA) is 194 Å². The highest BCUT2D eigenvalue weighted by Gasteiger charge is 2.24. The number of nitrogens with two attached hydrogens (primary N) is 1. The van der Waals surface area contributed by atoms with Crippen LogP contribution in [0.2, 0.25) is 0 Å². The van der Waals surface area contributed by atoms with E-state index >= 15 is 0 Å². The van der Waals surface area contributed by atoms with Crippen molar-refractivity contribution in [1.82, 2.24) is 24.7 Å². The fourth-order valence-electron chi connectivity index (χ4n) is 3.48. The van der Waals surface area contributed by atoms with E-state index in [4.69, 9.17) is 30.5 Å². The average Bonchev–Trinajstić information content (AvgIpc) is 3.30. The van der Waals surface area contributed by atoms with E-state index in [1.165, 1.54) is 32.7 Å². The van der Waals surface area contributed by atoms with Gasteiger partial charge < -0.3 is 25.6 Å². The highest BCUT2D eigenvalue weighted by atomic mass is 19.1. The van der Waals surface area contributed by atoms with E-state index in [9.17, 15) is 9.18 Å². The summed E-state index contributed by atoms with van der Waals surface area (Å²) in [6, 6.07) is 10.9. The number of benzene rings is 2. The van der Waals surface area contributed by atoms with Gasteiger partial charge in [-0.15, -0.1) is 9.78 Å². The van der Waals surface area contributed by atoms with Crippen LogP contribution in [0.25, 0.3) is 5.95 Å². The number of nitrogens with zero attached hydrogens (tertiary/aromatic N) is 4. The zero-order valence-electron chi connectivity index (χ0n) is 21.3. The number of aliphatic carboxylic acids is 1. The van der Waals surface area contributed by atoms with Gasteiger partial charge in [-0.25, -0.2) is 19.2 Å². The average molecular weight is 539 g/mol. The van der Waals surface area contributed by atoms with Gasteiger partial charge in [-0.05, 0) is 48.0 Å². The first kappa shape index (κ1) is 28.5. The summed E-state index contributed by atoms with van der Waals surface area (Å²) in [5, 5.41) is 22.7. The Morgan fingerprint density at radius 1 is 1.23 bits per heavy atom. The molecule has 4 rings (SSSR count). The summed E-state index contributed by atoms with van der Waals surface area (Å²) in [6.45, 7) is 1.10. The molecule has 13 nitrogen and oxygen atoms in total. The van der Waals surface area contributed by atoms with Gasteiger partial charge in [0.15, 0.2) is 17.4 Å². The van der Waals surface area contributed by atoms with Crippen LogP contribution in [0.3, 0.4) is 0 Å². The summed E-state index contributed by atoms with van der Waals surface area (Å²) in [5.41, 5.74) is 7.03. The van der Waals surface area contributed by atoms with Gasteiger partial charge in [0.2, 0.25) is 0 Å². The van der Waals surface area contributed by atoms with Gasteiger partial charge in [0.25, 0.3) is 11.9 Å². The number of aromatic amines is 1. The normalized spacial score (nSPS) is 11.2. The molecule has 0 aliphatic rings. The zero-order chi connectivity index (χ0) is 28.5. The number of H-pyrrole nitrogens is 1. The number of nitrogen functional groups attached to an aromatic ring is 1. The summed E-state index contributed by atoms with van der Waals surface area (Å²) >= 11 is 0. The highest BCUT2D eigenvalue weighted by Crippen LogP contribution is 2.31. The molecule has 0 fully saturated rings. The Labute approximate surface area is 222 Å². The van der Waals surface area contributed by atoms with E-state index in [0.717, 1.165) is 11.6 Å². The van der Waals surface area contributed by atoms with Crippen molar-refractivity contribution in [1.29, 1.82) is 5.41 Å². The van der Waals surface area contributed by atoms with Crippen LogP contribution in [0.15, 0.2) is 59.7 Å². The third-order valence-corrected chi connectivity index (χ3v) is 5.15. The Balaban J connectivity index is 0.000000983. The smallest absolute Gasteiger partial charge is 0.350 e. The molecule has 6 N–H and O–H groups in total. The van der Waals surface area contributed by atoms with Crippen LogP contribution in [-0.4, -0.2) is 55.9 Å². The molecule has 0 bridgehead atoms. The van der Waals surface area contributed by atoms with Crippen LogP contribution in [0.4, 0.5) is 10.1 Å². The lowest BCUT2D eigenvalue weighted by Crippen LogP contribution is -2.18.